The second-order valence-electron chi connectivity index (χ2n) is 12.5. The number of carbonyl (C=O) groups excluding carboxylic acids is 4. The summed E-state index contributed by atoms with van der Waals surface area (Å²) in [5, 5.41) is 3.58. The molecule has 0 aromatic heterocycles. The Hall–Kier alpha value is -4.17. The van der Waals surface area contributed by atoms with Crippen molar-refractivity contribution in [1.29, 1.82) is 0 Å². The van der Waals surface area contributed by atoms with Gasteiger partial charge in [0.2, 0.25) is 23.6 Å². The molecule has 8 nitrogen and oxygen atoms in total. The van der Waals surface area contributed by atoms with Crippen molar-refractivity contribution in [3.8, 4) is 11.1 Å². The number of amides is 4. The summed E-state index contributed by atoms with van der Waals surface area (Å²) in [7, 11) is 1.70. The first-order chi connectivity index (χ1) is 22.2. The Morgan fingerprint density at radius 3 is 2.22 bits per heavy atom. The highest BCUT2D eigenvalue weighted by atomic mass is 35.5. The summed E-state index contributed by atoms with van der Waals surface area (Å²) in [6, 6.07) is 24.3. The highest BCUT2D eigenvalue weighted by molar-refractivity contribution is 6.30. The van der Waals surface area contributed by atoms with E-state index in [1.165, 1.54) is 9.80 Å². The van der Waals surface area contributed by atoms with Crippen LogP contribution >= 0.6 is 11.6 Å². The molecule has 3 aromatic rings. The van der Waals surface area contributed by atoms with Crippen molar-refractivity contribution in [1.82, 2.24) is 20.0 Å². The van der Waals surface area contributed by atoms with E-state index in [1.54, 1.807) is 30.1 Å². The van der Waals surface area contributed by atoms with Gasteiger partial charge in [0, 0.05) is 37.6 Å². The lowest BCUT2D eigenvalue weighted by Crippen LogP contribution is -2.53. The molecule has 3 aliphatic rings. The number of benzene rings is 3. The first kappa shape index (κ1) is 33.2. The maximum absolute atomic E-state index is 14.3. The lowest BCUT2D eigenvalue weighted by atomic mass is 9.81. The Morgan fingerprint density at radius 1 is 0.783 bits per heavy atom. The smallest absolute Gasteiger partial charge is 0.246 e. The summed E-state index contributed by atoms with van der Waals surface area (Å²) in [5.74, 6) is -0.828. The minimum absolute atomic E-state index is 0.0389. The zero-order chi connectivity index (χ0) is 32.6. The van der Waals surface area contributed by atoms with Gasteiger partial charge in [0.15, 0.2) is 0 Å². The van der Waals surface area contributed by atoms with Gasteiger partial charge >= 0.3 is 0 Å². The van der Waals surface area contributed by atoms with E-state index in [4.69, 9.17) is 11.6 Å². The van der Waals surface area contributed by atoms with E-state index >= 15 is 0 Å². The molecule has 6 rings (SSSR count). The van der Waals surface area contributed by atoms with Crippen LogP contribution in [-0.4, -0.2) is 71.1 Å². The Balaban J connectivity index is 1.50. The SMILES string of the molecule is CC[C@H]1C(=O)N(Cc2cccc(Cl)c2)CC(=O)N(Cc2ccccc2-c2ccccc2)CC(=O)NCC2CCC(CC2)C(=O)N1C. The molecular formula is C37H43ClN4O4. The van der Waals surface area contributed by atoms with Gasteiger partial charge in [-0.3, -0.25) is 19.2 Å². The van der Waals surface area contributed by atoms with Crippen LogP contribution in [0.15, 0.2) is 78.9 Å². The summed E-state index contributed by atoms with van der Waals surface area (Å²) in [4.78, 5) is 60.1. The predicted octanol–water partition coefficient (Wildman–Crippen LogP) is 5.54. The minimum Gasteiger partial charge on any atom is -0.354 e. The fraction of sp³-hybridized carbons (Fsp3) is 0.405. The maximum atomic E-state index is 14.3. The molecule has 2 bridgehead atoms. The topological polar surface area (TPSA) is 90.0 Å². The van der Waals surface area contributed by atoms with E-state index in [2.05, 4.69) is 5.32 Å². The average Bonchev–Trinajstić information content (AvgIpc) is 3.07. The standard InChI is InChI=1S/C37H43ClN4O4/c1-3-33-37(46)42(22-27-10-9-14-31(38)20-27)25-35(44)41(23-30-13-7-8-15-32(30)28-11-5-4-6-12-28)24-34(43)39-21-26-16-18-29(19-17-26)36(45)40(33)2/h4-15,20,26,29,33H,3,16-19,21-25H2,1-2H3,(H,39,43)/t26?,29?,33-/m0/s1. The summed E-state index contributed by atoms with van der Waals surface area (Å²) in [5.41, 5.74) is 3.64. The largest absolute Gasteiger partial charge is 0.354 e. The Morgan fingerprint density at radius 2 is 1.50 bits per heavy atom. The number of hydrogen-bond acceptors (Lipinski definition) is 4. The van der Waals surface area contributed by atoms with Gasteiger partial charge < -0.3 is 20.0 Å². The number of likely N-dealkylation sites (N-methyl/N-ethyl adjacent to an activating group) is 1. The van der Waals surface area contributed by atoms with E-state index in [0.717, 1.165) is 47.9 Å². The molecule has 1 aliphatic carbocycles. The normalized spacial score (nSPS) is 21.9. The molecule has 242 valence electrons. The minimum atomic E-state index is -0.722. The molecule has 2 saturated heterocycles. The average molecular weight is 643 g/mol. The highest BCUT2D eigenvalue weighted by Gasteiger charge is 2.36. The molecule has 0 unspecified atom stereocenters. The Bertz CT molecular complexity index is 1540. The summed E-state index contributed by atoms with van der Waals surface area (Å²) in [6.45, 7) is 2.34. The lowest BCUT2D eigenvalue weighted by molar-refractivity contribution is -0.150. The second kappa shape index (κ2) is 15.4. The quantitative estimate of drug-likeness (QED) is 0.358. The Labute approximate surface area is 276 Å². The maximum Gasteiger partial charge on any atom is 0.246 e. The van der Waals surface area contributed by atoms with E-state index in [1.807, 2.05) is 67.6 Å². The number of fused-ring (bicyclic) bond motifs is 13. The number of nitrogens with one attached hydrogen (secondary N) is 1. The van der Waals surface area contributed by atoms with Crippen molar-refractivity contribution < 1.29 is 19.2 Å². The molecule has 1 saturated carbocycles. The molecule has 2 heterocycles. The van der Waals surface area contributed by atoms with Crippen molar-refractivity contribution in [3.05, 3.63) is 95.0 Å². The number of hydrogen-bond donors (Lipinski definition) is 1. The van der Waals surface area contributed by atoms with E-state index in [9.17, 15) is 19.2 Å². The summed E-state index contributed by atoms with van der Waals surface area (Å²) < 4.78 is 0. The van der Waals surface area contributed by atoms with Crippen LogP contribution in [0.2, 0.25) is 5.02 Å². The van der Waals surface area contributed by atoms with Crippen molar-refractivity contribution >= 4 is 35.2 Å². The number of rotatable bonds is 6. The fourth-order valence-electron chi connectivity index (χ4n) is 6.69. The van der Waals surface area contributed by atoms with E-state index < -0.39 is 6.04 Å². The van der Waals surface area contributed by atoms with E-state index in [-0.39, 0.29) is 61.6 Å². The van der Waals surface area contributed by atoms with Gasteiger partial charge in [-0.05, 0) is 72.4 Å². The molecule has 3 aromatic carbocycles. The molecular weight excluding hydrogens is 600 g/mol. The zero-order valence-corrected chi connectivity index (χ0v) is 27.4. The highest BCUT2D eigenvalue weighted by Crippen LogP contribution is 2.31. The number of halogens is 1. The third-order valence-corrected chi connectivity index (χ3v) is 9.56. The van der Waals surface area contributed by atoms with Crippen LogP contribution in [0.3, 0.4) is 0 Å². The van der Waals surface area contributed by atoms with Crippen molar-refractivity contribution in [3.63, 3.8) is 0 Å². The second-order valence-corrected chi connectivity index (χ2v) is 12.9. The van der Waals surface area contributed by atoms with Gasteiger partial charge in [-0.25, -0.2) is 0 Å². The first-order valence-corrected chi connectivity index (χ1v) is 16.6. The van der Waals surface area contributed by atoms with Gasteiger partial charge in [0.05, 0.1) is 6.54 Å². The van der Waals surface area contributed by atoms with Gasteiger partial charge in [-0.1, -0.05) is 85.3 Å². The van der Waals surface area contributed by atoms with Crippen LogP contribution in [0.4, 0.5) is 0 Å². The predicted molar refractivity (Wildman–Crippen MR) is 179 cm³/mol. The van der Waals surface area contributed by atoms with Crippen LogP contribution in [-0.2, 0) is 32.3 Å². The van der Waals surface area contributed by atoms with Crippen molar-refractivity contribution in [2.45, 2.75) is 58.2 Å². The third-order valence-electron chi connectivity index (χ3n) is 9.32. The van der Waals surface area contributed by atoms with Gasteiger partial charge in [0.25, 0.3) is 0 Å². The van der Waals surface area contributed by atoms with Gasteiger partial charge in [-0.2, -0.15) is 0 Å². The molecule has 9 heteroatoms. The molecule has 2 aliphatic heterocycles. The number of nitrogens with zero attached hydrogens (tertiary/aromatic N) is 3. The fourth-order valence-corrected chi connectivity index (χ4v) is 6.91. The van der Waals surface area contributed by atoms with Gasteiger partial charge in [0.1, 0.15) is 12.6 Å². The Kier molecular flexibility index (Phi) is 11.1. The lowest BCUT2D eigenvalue weighted by Gasteiger charge is -2.36. The summed E-state index contributed by atoms with van der Waals surface area (Å²) >= 11 is 6.29. The summed E-state index contributed by atoms with van der Waals surface area (Å²) in [6.07, 6.45) is 3.50. The van der Waals surface area contributed by atoms with Crippen molar-refractivity contribution in [2.75, 3.05) is 26.7 Å². The van der Waals surface area contributed by atoms with Crippen LogP contribution in [0.5, 0.6) is 0 Å². The molecule has 46 heavy (non-hydrogen) atoms. The molecule has 4 amide bonds. The first-order valence-electron chi connectivity index (χ1n) is 16.2. The molecule has 0 spiro atoms. The third kappa shape index (κ3) is 8.15. The molecule has 1 N–H and O–H groups in total. The van der Waals surface area contributed by atoms with E-state index in [0.29, 0.717) is 18.0 Å². The molecule has 3 fully saturated rings. The van der Waals surface area contributed by atoms with Crippen LogP contribution in [0.1, 0.15) is 50.2 Å². The van der Waals surface area contributed by atoms with Crippen LogP contribution in [0, 0.1) is 11.8 Å². The van der Waals surface area contributed by atoms with Crippen molar-refractivity contribution in [2.24, 2.45) is 11.8 Å². The van der Waals surface area contributed by atoms with Crippen LogP contribution in [0.25, 0.3) is 11.1 Å². The van der Waals surface area contributed by atoms with Crippen LogP contribution < -0.4 is 5.32 Å². The monoisotopic (exact) mass is 642 g/mol. The van der Waals surface area contributed by atoms with Gasteiger partial charge in [-0.15, -0.1) is 0 Å². The number of carbonyl (C=O) groups is 4. The molecule has 0 radical (unpaired) electrons. The zero-order valence-electron chi connectivity index (χ0n) is 26.7. The molecule has 1 atom stereocenters.